The van der Waals surface area contributed by atoms with E-state index in [0.29, 0.717) is 11.7 Å². The molecule has 1 unspecified atom stereocenters. The van der Waals surface area contributed by atoms with Gasteiger partial charge in [0.2, 0.25) is 0 Å². The third-order valence-electron chi connectivity index (χ3n) is 4.15. The second-order valence-electron chi connectivity index (χ2n) is 6.03. The van der Waals surface area contributed by atoms with E-state index in [-0.39, 0.29) is 11.8 Å². The lowest BCUT2D eigenvalue weighted by molar-refractivity contribution is 0.561. The summed E-state index contributed by atoms with van der Waals surface area (Å²) in [5.74, 6) is 3.44. The van der Waals surface area contributed by atoms with Crippen LogP contribution in [0.4, 0.5) is 11.6 Å². The van der Waals surface area contributed by atoms with E-state index >= 15 is 0 Å². The Morgan fingerprint density at radius 1 is 1.14 bits per heavy atom. The largest absolute Gasteiger partial charge is 0.373 e. The first-order valence-corrected chi connectivity index (χ1v) is 9.34. The first-order valence-electron chi connectivity index (χ1n) is 7.52. The summed E-state index contributed by atoms with van der Waals surface area (Å²) in [6.45, 7) is 1.96. The summed E-state index contributed by atoms with van der Waals surface area (Å²) < 4.78 is 23.5. The fraction of sp³-hybridized carbons (Fsp3) is 0.714. The number of anilines is 2. The molecule has 2 N–H and O–H groups in total. The Kier molecular flexibility index (Phi) is 3.77. The van der Waals surface area contributed by atoms with Gasteiger partial charge in [0.15, 0.2) is 9.84 Å². The smallest absolute Gasteiger partial charge is 0.152 e. The van der Waals surface area contributed by atoms with Crippen molar-refractivity contribution in [2.24, 2.45) is 0 Å². The van der Waals surface area contributed by atoms with Crippen molar-refractivity contribution in [3.05, 3.63) is 11.4 Å². The minimum Gasteiger partial charge on any atom is -0.373 e. The summed E-state index contributed by atoms with van der Waals surface area (Å²) >= 11 is 0. The number of nitrogens with one attached hydrogen (secondary N) is 2. The molecule has 6 nitrogen and oxygen atoms in total. The molecule has 7 heteroatoms. The molecule has 0 radical (unpaired) electrons. The van der Waals surface area contributed by atoms with E-state index in [1.54, 1.807) is 0 Å². The van der Waals surface area contributed by atoms with E-state index in [9.17, 15) is 8.42 Å². The van der Waals surface area contributed by atoms with Crippen LogP contribution in [0.1, 0.15) is 43.0 Å². The van der Waals surface area contributed by atoms with Gasteiger partial charge in [-0.05, 0) is 32.6 Å². The minimum absolute atomic E-state index is 0.0471. The predicted octanol–water partition coefficient (Wildman–Crippen LogP) is 1.69. The highest BCUT2D eigenvalue weighted by molar-refractivity contribution is 7.91. The first kappa shape index (κ1) is 14.6. The van der Waals surface area contributed by atoms with Crippen LogP contribution < -0.4 is 10.6 Å². The van der Waals surface area contributed by atoms with Crippen molar-refractivity contribution in [2.75, 3.05) is 29.2 Å². The molecule has 2 fully saturated rings. The summed E-state index contributed by atoms with van der Waals surface area (Å²) in [6, 6.07) is -0.0471. The maximum absolute atomic E-state index is 11.8. The second-order valence-corrected chi connectivity index (χ2v) is 8.25. The molecule has 21 heavy (non-hydrogen) atoms. The Bertz CT molecular complexity index is 641. The van der Waals surface area contributed by atoms with E-state index < -0.39 is 9.84 Å². The molecule has 1 aliphatic heterocycles. The van der Waals surface area contributed by atoms with Crippen LogP contribution in [0.2, 0.25) is 0 Å². The molecule has 1 atom stereocenters. The highest BCUT2D eigenvalue weighted by Crippen LogP contribution is 2.39. The monoisotopic (exact) mass is 310 g/mol. The molecule has 0 aromatic carbocycles. The number of rotatable bonds is 4. The van der Waals surface area contributed by atoms with Gasteiger partial charge < -0.3 is 10.6 Å². The van der Waals surface area contributed by atoms with E-state index in [1.807, 2.05) is 14.0 Å². The lowest BCUT2D eigenvalue weighted by Crippen LogP contribution is -2.35. The molecule has 2 aliphatic rings. The average Bonchev–Trinajstić information content (AvgIpc) is 3.24. The zero-order valence-electron chi connectivity index (χ0n) is 12.5. The second kappa shape index (κ2) is 5.44. The quantitative estimate of drug-likeness (QED) is 0.880. The van der Waals surface area contributed by atoms with E-state index in [0.717, 1.165) is 48.7 Å². The molecular formula is C14H22N4O2S. The highest BCUT2D eigenvalue weighted by atomic mass is 32.2. The molecule has 116 valence electrons. The van der Waals surface area contributed by atoms with E-state index in [4.69, 9.17) is 0 Å². The van der Waals surface area contributed by atoms with E-state index in [2.05, 4.69) is 20.6 Å². The third-order valence-corrected chi connectivity index (χ3v) is 5.97. The van der Waals surface area contributed by atoms with Gasteiger partial charge in [-0.1, -0.05) is 0 Å². The van der Waals surface area contributed by atoms with Gasteiger partial charge in [0.25, 0.3) is 0 Å². The first-order chi connectivity index (χ1) is 9.98. The molecular weight excluding hydrogens is 288 g/mol. The van der Waals surface area contributed by atoms with Crippen LogP contribution in [0.15, 0.2) is 0 Å². The molecule has 1 saturated heterocycles. The lowest BCUT2D eigenvalue weighted by Gasteiger charge is -2.25. The van der Waals surface area contributed by atoms with Gasteiger partial charge in [-0.25, -0.2) is 18.4 Å². The van der Waals surface area contributed by atoms with Crippen LogP contribution in [0.5, 0.6) is 0 Å². The molecule has 0 bridgehead atoms. The van der Waals surface area contributed by atoms with Crippen molar-refractivity contribution in [1.82, 2.24) is 9.97 Å². The Labute approximate surface area is 125 Å². The van der Waals surface area contributed by atoms with Gasteiger partial charge >= 0.3 is 0 Å². The Hall–Kier alpha value is -1.37. The summed E-state index contributed by atoms with van der Waals surface area (Å²) in [6.07, 6.45) is 3.88. The maximum Gasteiger partial charge on any atom is 0.152 e. The van der Waals surface area contributed by atoms with Crippen molar-refractivity contribution in [1.29, 1.82) is 0 Å². The standard InChI is InChI=1S/C14H22N4O2S/c1-9-12(15-2)17-14(10-5-6-10)18-13(9)16-11-4-3-7-21(19,20)8-11/h10-11H,3-8H2,1-2H3,(H2,15,16,17,18). The molecule has 2 heterocycles. The van der Waals surface area contributed by atoms with Crippen LogP contribution in [0.25, 0.3) is 0 Å². The number of hydrogen-bond donors (Lipinski definition) is 2. The SMILES string of the molecule is CNc1nc(C2CC2)nc(NC2CCCS(=O)(=O)C2)c1C. The minimum atomic E-state index is -2.92. The molecule has 1 saturated carbocycles. The number of sulfone groups is 1. The molecule has 1 aromatic heterocycles. The van der Waals surface area contributed by atoms with Crippen molar-refractivity contribution in [3.8, 4) is 0 Å². The van der Waals surface area contributed by atoms with Crippen LogP contribution in [-0.2, 0) is 9.84 Å². The van der Waals surface area contributed by atoms with E-state index in [1.165, 1.54) is 0 Å². The van der Waals surface area contributed by atoms with Crippen molar-refractivity contribution < 1.29 is 8.42 Å². The molecule has 1 aliphatic carbocycles. The van der Waals surface area contributed by atoms with Crippen LogP contribution in [0, 0.1) is 6.92 Å². The Morgan fingerprint density at radius 2 is 1.86 bits per heavy atom. The van der Waals surface area contributed by atoms with Gasteiger partial charge in [0, 0.05) is 24.6 Å². The van der Waals surface area contributed by atoms with Crippen molar-refractivity contribution >= 4 is 21.5 Å². The fourth-order valence-electron chi connectivity index (χ4n) is 2.77. The molecule has 0 amide bonds. The lowest BCUT2D eigenvalue weighted by atomic mass is 10.1. The third kappa shape index (κ3) is 3.28. The molecule has 1 aromatic rings. The zero-order chi connectivity index (χ0) is 15.0. The van der Waals surface area contributed by atoms with Crippen LogP contribution in [0.3, 0.4) is 0 Å². The topological polar surface area (TPSA) is 84.0 Å². The Morgan fingerprint density at radius 3 is 2.48 bits per heavy atom. The fourth-order valence-corrected chi connectivity index (χ4v) is 4.41. The summed E-state index contributed by atoms with van der Waals surface area (Å²) in [5.41, 5.74) is 0.949. The summed E-state index contributed by atoms with van der Waals surface area (Å²) in [7, 11) is -1.07. The van der Waals surface area contributed by atoms with Crippen LogP contribution in [-0.4, -0.2) is 43.0 Å². The van der Waals surface area contributed by atoms with Crippen molar-refractivity contribution in [3.63, 3.8) is 0 Å². The number of aromatic nitrogens is 2. The van der Waals surface area contributed by atoms with Gasteiger partial charge in [-0.3, -0.25) is 0 Å². The predicted molar refractivity (Wildman–Crippen MR) is 83.6 cm³/mol. The van der Waals surface area contributed by atoms with Gasteiger partial charge in [-0.15, -0.1) is 0 Å². The van der Waals surface area contributed by atoms with Gasteiger partial charge in [-0.2, -0.15) is 0 Å². The number of hydrogen-bond acceptors (Lipinski definition) is 6. The summed E-state index contributed by atoms with van der Waals surface area (Å²) in [4.78, 5) is 9.18. The summed E-state index contributed by atoms with van der Waals surface area (Å²) in [5, 5.41) is 6.44. The number of nitrogens with zero attached hydrogens (tertiary/aromatic N) is 2. The normalized spacial score (nSPS) is 24.6. The van der Waals surface area contributed by atoms with Crippen molar-refractivity contribution in [2.45, 2.75) is 44.6 Å². The molecule has 3 rings (SSSR count). The molecule has 0 spiro atoms. The van der Waals surface area contributed by atoms with Gasteiger partial charge in [0.05, 0.1) is 11.5 Å². The Balaban J connectivity index is 1.85. The highest BCUT2D eigenvalue weighted by Gasteiger charge is 2.29. The van der Waals surface area contributed by atoms with Crippen LogP contribution >= 0.6 is 0 Å². The average molecular weight is 310 g/mol. The zero-order valence-corrected chi connectivity index (χ0v) is 13.3. The van der Waals surface area contributed by atoms with Gasteiger partial charge in [0.1, 0.15) is 17.5 Å². The maximum atomic E-state index is 11.8.